The maximum atomic E-state index is 11.9. The molecule has 0 radical (unpaired) electrons. The third-order valence-electron chi connectivity index (χ3n) is 2.07. The monoisotopic (exact) mass is 280 g/mol. The number of hydrogen-bond acceptors (Lipinski definition) is 3. The zero-order valence-corrected chi connectivity index (χ0v) is 10.5. The van der Waals surface area contributed by atoms with Gasteiger partial charge < -0.3 is 15.8 Å². The quantitative estimate of drug-likeness (QED) is 0.864. The number of rotatable bonds is 5. The van der Waals surface area contributed by atoms with E-state index in [0.717, 1.165) is 0 Å². The molecule has 0 aromatic heterocycles. The molecule has 0 aliphatic carbocycles. The Morgan fingerprint density at radius 3 is 2.39 bits per heavy atom. The number of benzene rings is 1. The molecule has 3 N–H and O–H groups in total. The normalized spacial score (nSPS) is 11.6. The summed E-state index contributed by atoms with van der Waals surface area (Å²) in [5.41, 5.74) is 5.73. The predicted octanol–water partition coefficient (Wildman–Crippen LogP) is 1.79. The third-order valence-corrected chi connectivity index (χ3v) is 2.07. The Bertz CT molecular complexity index is 374. The van der Waals surface area contributed by atoms with Crippen LogP contribution in [-0.4, -0.2) is 25.1 Å². The Morgan fingerprint density at radius 1 is 1.39 bits per heavy atom. The summed E-state index contributed by atoms with van der Waals surface area (Å²) < 4.78 is 27.9. The highest BCUT2D eigenvalue weighted by molar-refractivity contribution is 5.94. The Kier molecular flexibility index (Phi) is 7.23. The Balaban J connectivity index is 0.00000289. The highest BCUT2D eigenvalue weighted by atomic mass is 35.5. The van der Waals surface area contributed by atoms with Crippen molar-refractivity contribution in [3.8, 4) is 5.75 Å². The molecule has 0 aliphatic rings. The van der Waals surface area contributed by atoms with Gasteiger partial charge in [0, 0.05) is 18.2 Å². The average Bonchev–Trinajstić information content (AvgIpc) is 2.28. The molecule has 0 heterocycles. The second kappa shape index (κ2) is 7.84. The van der Waals surface area contributed by atoms with Crippen LogP contribution >= 0.6 is 12.4 Å². The van der Waals surface area contributed by atoms with Crippen molar-refractivity contribution in [1.29, 1.82) is 0 Å². The number of nitrogens with one attached hydrogen (secondary N) is 1. The van der Waals surface area contributed by atoms with E-state index in [4.69, 9.17) is 5.73 Å². The molecule has 0 bridgehead atoms. The second-order valence-corrected chi connectivity index (χ2v) is 3.51. The van der Waals surface area contributed by atoms with Gasteiger partial charge in [-0.3, -0.25) is 4.79 Å². The van der Waals surface area contributed by atoms with Gasteiger partial charge in [0.15, 0.2) is 0 Å². The van der Waals surface area contributed by atoms with Gasteiger partial charge in [0.1, 0.15) is 5.75 Å². The van der Waals surface area contributed by atoms with E-state index in [9.17, 15) is 13.6 Å². The van der Waals surface area contributed by atoms with Crippen molar-refractivity contribution in [3.05, 3.63) is 29.8 Å². The van der Waals surface area contributed by atoms with Crippen LogP contribution in [0.25, 0.3) is 0 Å². The third kappa shape index (κ3) is 5.29. The molecule has 102 valence electrons. The van der Waals surface area contributed by atoms with Crippen LogP contribution in [0.4, 0.5) is 8.78 Å². The minimum absolute atomic E-state index is 0. The number of carbonyl (C=O) groups is 1. The van der Waals surface area contributed by atoms with Gasteiger partial charge in [0.05, 0.1) is 0 Å². The second-order valence-electron chi connectivity index (χ2n) is 3.51. The first kappa shape index (κ1) is 16.6. The van der Waals surface area contributed by atoms with E-state index in [0.29, 0.717) is 12.1 Å². The molecule has 18 heavy (non-hydrogen) atoms. The molecule has 0 aliphatic heterocycles. The van der Waals surface area contributed by atoms with E-state index in [2.05, 4.69) is 10.1 Å². The minimum Gasteiger partial charge on any atom is -0.435 e. The minimum atomic E-state index is -2.87. The summed E-state index contributed by atoms with van der Waals surface area (Å²) in [5.74, 6) is -0.282. The molecule has 0 unspecified atom stereocenters. The molecular formula is C11H15ClF2N2O2. The van der Waals surface area contributed by atoms with Crippen LogP contribution in [0.15, 0.2) is 24.3 Å². The zero-order chi connectivity index (χ0) is 12.8. The number of alkyl halides is 2. The zero-order valence-electron chi connectivity index (χ0n) is 9.73. The van der Waals surface area contributed by atoms with Gasteiger partial charge in [0.25, 0.3) is 5.91 Å². The maximum absolute atomic E-state index is 11.9. The van der Waals surface area contributed by atoms with Gasteiger partial charge in [-0.2, -0.15) is 8.78 Å². The molecule has 1 amide bonds. The summed E-state index contributed by atoms with van der Waals surface area (Å²) in [6, 6.07) is 5.31. The Hall–Kier alpha value is -1.40. The predicted molar refractivity (Wildman–Crippen MR) is 66.3 cm³/mol. The van der Waals surface area contributed by atoms with Crippen molar-refractivity contribution in [2.75, 3.05) is 6.54 Å². The number of hydrogen-bond donors (Lipinski definition) is 2. The first-order valence-corrected chi connectivity index (χ1v) is 5.08. The summed E-state index contributed by atoms with van der Waals surface area (Å²) >= 11 is 0. The van der Waals surface area contributed by atoms with Gasteiger partial charge in [-0.25, -0.2) is 0 Å². The standard InChI is InChI=1S/C11H14F2N2O2.ClH/c1-7(6-14)15-10(16)8-2-4-9(5-3-8)17-11(12)13;/h2-5,7,11H,6,14H2,1H3,(H,15,16);1H/t7-;/m0./s1. The van der Waals surface area contributed by atoms with E-state index in [-0.39, 0.29) is 30.1 Å². The molecule has 0 fully saturated rings. The Labute approximate surface area is 110 Å². The first-order chi connectivity index (χ1) is 8.02. The van der Waals surface area contributed by atoms with Crippen LogP contribution in [0.3, 0.4) is 0 Å². The largest absolute Gasteiger partial charge is 0.435 e. The van der Waals surface area contributed by atoms with E-state index in [1.165, 1.54) is 24.3 Å². The molecule has 0 spiro atoms. The maximum Gasteiger partial charge on any atom is 0.387 e. The summed E-state index contributed by atoms with van der Waals surface area (Å²) in [4.78, 5) is 11.6. The lowest BCUT2D eigenvalue weighted by Gasteiger charge is -2.11. The van der Waals surface area contributed by atoms with Crippen LogP contribution in [0.2, 0.25) is 0 Å². The van der Waals surface area contributed by atoms with Gasteiger partial charge in [-0.15, -0.1) is 12.4 Å². The lowest BCUT2D eigenvalue weighted by atomic mass is 10.2. The fraction of sp³-hybridized carbons (Fsp3) is 0.364. The van der Waals surface area contributed by atoms with Gasteiger partial charge in [-0.05, 0) is 31.2 Å². The molecule has 0 saturated carbocycles. The number of amides is 1. The van der Waals surface area contributed by atoms with Crippen molar-refractivity contribution in [2.45, 2.75) is 19.6 Å². The summed E-state index contributed by atoms with van der Waals surface area (Å²) in [6.07, 6.45) is 0. The fourth-order valence-corrected chi connectivity index (χ4v) is 1.15. The highest BCUT2D eigenvalue weighted by Gasteiger charge is 2.09. The lowest BCUT2D eigenvalue weighted by Crippen LogP contribution is -2.37. The van der Waals surface area contributed by atoms with Crippen LogP contribution in [0.5, 0.6) is 5.75 Å². The van der Waals surface area contributed by atoms with Crippen molar-refractivity contribution in [1.82, 2.24) is 5.32 Å². The molecular weight excluding hydrogens is 266 g/mol. The average molecular weight is 281 g/mol. The lowest BCUT2D eigenvalue weighted by molar-refractivity contribution is -0.0498. The van der Waals surface area contributed by atoms with E-state index >= 15 is 0 Å². The summed E-state index contributed by atoms with van der Waals surface area (Å²) in [7, 11) is 0. The molecule has 4 nitrogen and oxygen atoms in total. The first-order valence-electron chi connectivity index (χ1n) is 5.08. The molecule has 7 heteroatoms. The van der Waals surface area contributed by atoms with Gasteiger partial charge >= 0.3 is 6.61 Å². The van der Waals surface area contributed by atoms with E-state index in [1.807, 2.05) is 0 Å². The van der Waals surface area contributed by atoms with Gasteiger partial charge in [0.2, 0.25) is 0 Å². The number of nitrogens with two attached hydrogens (primary N) is 1. The molecule has 1 rings (SSSR count). The van der Waals surface area contributed by atoms with Crippen molar-refractivity contribution in [3.63, 3.8) is 0 Å². The molecule has 1 atom stereocenters. The SMILES string of the molecule is C[C@@H](CN)NC(=O)c1ccc(OC(F)F)cc1.Cl. The smallest absolute Gasteiger partial charge is 0.387 e. The number of carbonyl (C=O) groups excluding carboxylic acids is 1. The van der Waals surface area contributed by atoms with Crippen LogP contribution in [0.1, 0.15) is 17.3 Å². The van der Waals surface area contributed by atoms with Crippen LogP contribution < -0.4 is 15.8 Å². The summed E-state index contributed by atoms with van der Waals surface area (Å²) in [6.45, 7) is -0.767. The van der Waals surface area contributed by atoms with Crippen LogP contribution in [0, 0.1) is 0 Å². The van der Waals surface area contributed by atoms with Crippen molar-refractivity contribution >= 4 is 18.3 Å². The van der Waals surface area contributed by atoms with E-state index in [1.54, 1.807) is 6.92 Å². The van der Waals surface area contributed by atoms with Crippen LogP contribution in [-0.2, 0) is 0 Å². The number of ether oxygens (including phenoxy) is 1. The fourth-order valence-electron chi connectivity index (χ4n) is 1.15. The topological polar surface area (TPSA) is 64.3 Å². The highest BCUT2D eigenvalue weighted by Crippen LogP contribution is 2.14. The Morgan fingerprint density at radius 2 is 1.94 bits per heavy atom. The van der Waals surface area contributed by atoms with Crippen molar-refractivity contribution < 1.29 is 18.3 Å². The molecule has 1 aromatic carbocycles. The van der Waals surface area contributed by atoms with Crippen molar-refractivity contribution in [2.24, 2.45) is 5.73 Å². The van der Waals surface area contributed by atoms with E-state index < -0.39 is 6.61 Å². The number of halogens is 3. The van der Waals surface area contributed by atoms with Gasteiger partial charge in [-0.1, -0.05) is 0 Å². The molecule has 0 saturated heterocycles. The molecule has 1 aromatic rings. The summed E-state index contributed by atoms with van der Waals surface area (Å²) in [5, 5.41) is 2.65.